The van der Waals surface area contributed by atoms with Crippen LogP contribution in [-0.4, -0.2) is 71.0 Å². The minimum Gasteiger partial charge on any atom is -0.475 e. The molecule has 0 radical (unpaired) electrons. The highest BCUT2D eigenvalue weighted by molar-refractivity contribution is 5.88. The van der Waals surface area contributed by atoms with Gasteiger partial charge in [0.25, 0.3) is 0 Å². The van der Waals surface area contributed by atoms with Crippen molar-refractivity contribution in [1.82, 2.24) is 20.3 Å². The van der Waals surface area contributed by atoms with Crippen LogP contribution in [0.15, 0.2) is 18.6 Å². The third-order valence-electron chi connectivity index (χ3n) is 3.54. The zero-order valence-electron chi connectivity index (χ0n) is 13.6. The lowest BCUT2D eigenvalue weighted by Gasteiger charge is -2.33. The molecule has 2 aromatic heterocycles. The molecule has 0 aliphatic carbocycles. The van der Waals surface area contributed by atoms with Crippen molar-refractivity contribution >= 4 is 28.8 Å². The van der Waals surface area contributed by atoms with Crippen LogP contribution >= 0.6 is 0 Å². The van der Waals surface area contributed by atoms with Crippen LogP contribution in [0.25, 0.3) is 11.0 Å². The number of hydrogen-bond acceptors (Lipinski definition) is 7. The molecule has 1 atom stereocenters. The van der Waals surface area contributed by atoms with E-state index in [-0.39, 0.29) is 12.0 Å². The average molecular weight is 375 g/mol. The zero-order valence-corrected chi connectivity index (χ0v) is 13.6. The summed E-state index contributed by atoms with van der Waals surface area (Å²) in [6, 6.07) is 1.63. The maximum atomic E-state index is 11.6. The van der Waals surface area contributed by atoms with Crippen LogP contribution in [0.1, 0.15) is 0 Å². The molecule has 3 heterocycles. The van der Waals surface area contributed by atoms with Gasteiger partial charge in [0.05, 0.1) is 12.5 Å². The Hall–Kier alpha value is -2.89. The fraction of sp³-hybridized carbons (Fsp3) is 0.429. The summed E-state index contributed by atoms with van der Waals surface area (Å²) in [5.41, 5.74) is 0.804. The molecular formula is C14H16F3N5O4. The number of carbonyl (C=O) groups is 2. The molecule has 0 spiro atoms. The van der Waals surface area contributed by atoms with Gasteiger partial charge in [0.15, 0.2) is 0 Å². The first-order valence-corrected chi connectivity index (χ1v) is 7.38. The molecule has 0 saturated carbocycles. The summed E-state index contributed by atoms with van der Waals surface area (Å²) in [7, 11) is 1.40. The van der Waals surface area contributed by atoms with E-state index in [4.69, 9.17) is 14.6 Å². The lowest BCUT2D eigenvalue weighted by atomic mass is 10.2. The van der Waals surface area contributed by atoms with Gasteiger partial charge in [-0.25, -0.2) is 14.8 Å². The Kier molecular flexibility index (Phi) is 5.97. The SMILES string of the molecule is COC(=O)[C@@H]1CN(c2ncnc3[nH]ccc23)CCN1.O=C(O)C(F)(F)F. The predicted molar refractivity (Wildman–Crippen MR) is 83.6 cm³/mol. The number of esters is 1. The molecule has 142 valence electrons. The largest absolute Gasteiger partial charge is 0.490 e. The number of H-pyrrole nitrogens is 1. The van der Waals surface area contributed by atoms with Gasteiger partial charge < -0.3 is 25.0 Å². The first-order valence-electron chi connectivity index (χ1n) is 7.38. The molecule has 0 aromatic carbocycles. The second-order valence-corrected chi connectivity index (χ2v) is 5.22. The molecule has 3 N–H and O–H groups in total. The van der Waals surface area contributed by atoms with E-state index in [9.17, 15) is 18.0 Å². The fourth-order valence-electron chi connectivity index (χ4n) is 2.35. The van der Waals surface area contributed by atoms with E-state index in [1.165, 1.54) is 13.4 Å². The molecule has 9 nitrogen and oxygen atoms in total. The average Bonchev–Trinajstić information content (AvgIpc) is 3.09. The molecule has 12 heteroatoms. The number of ether oxygens (including phenoxy) is 1. The van der Waals surface area contributed by atoms with Crippen LogP contribution in [-0.2, 0) is 14.3 Å². The fourth-order valence-corrected chi connectivity index (χ4v) is 2.35. The van der Waals surface area contributed by atoms with Gasteiger partial charge in [-0.1, -0.05) is 0 Å². The highest BCUT2D eigenvalue weighted by Gasteiger charge is 2.38. The normalized spacial score (nSPS) is 17.4. The number of aromatic nitrogens is 3. The van der Waals surface area contributed by atoms with E-state index in [0.717, 1.165) is 29.9 Å². The smallest absolute Gasteiger partial charge is 0.475 e. The van der Waals surface area contributed by atoms with Gasteiger partial charge in [-0.05, 0) is 6.07 Å². The van der Waals surface area contributed by atoms with Crippen molar-refractivity contribution in [2.24, 2.45) is 0 Å². The Balaban J connectivity index is 0.000000298. The van der Waals surface area contributed by atoms with Crippen molar-refractivity contribution in [1.29, 1.82) is 0 Å². The van der Waals surface area contributed by atoms with Crippen molar-refractivity contribution < 1.29 is 32.6 Å². The highest BCUT2D eigenvalue weighted by atomic mass is 19.4. The minimum atomic E-state index is -5.08. The number of methoxy groups -OCH3 is 1. The van der Waals surface area contributed by atoms with Gasteiger partial charge in [0.1, 0.15) is 23.8 Å². The number of carbonyl (C=O) groups excluding carboxylic acids is 1. The maximum absolute atomic E-state index is 11.6. The van der Waals surface area contributed by atoms with Gasteiger partial charge in [-0.15, -0.1) is 0 Å². The number of aliphatic carboxylic acids is 1. The van der Waals surface area contributed by atoms with Crippen molar-refractivity contribution in [3.8, 4) is 0 Å². The second kappa shape index (κ2) is 7.99. The van der Waals surface area contributed by atoms with Crippen molar-refractivity contribution in [2.75, 3.05) is 31.6 Å². The molecule has 1 aliphatic heterocycles. The predicted octanol–water partition coefficient (Wildman–Crippen LogP) is 0.542. The van der Waals surface area contributed by atoms with Gasteiger partial charge in [0, 0.05) is 25.8 Å². The number of carboxylic acid groups (broad SMARTS) is 1. The maximum Gasteiger partial charge on any atom is 0.490 e. The summed E-state index contributed by atoms with van der Waals surface area (Å²) in [6.45, 7) is 2.06. The third kappa shape index (κ3) is 4.59. The first kappa shape index (κ1) is 19.4. The number of halogens is 3. The van der Waals surface area contributed by atoms with Crippen molar-refractivity contribution in [2.45, 2.75) is 12.2 Å². The number of hydrogen-bond donors (Lipinski definition) is 3. The summed E-state index contributed by atoms with van der Waals surface area (Å²) in [5.74, 6) is -2.15. The van der Waals surface area contributed by atoms with Gasteiger partial charge in [0.2, 0.25) is 0 Å². The standard InChI is InChI=1S/C12H15N5O2.C2HF3O2/c1-19-12(18)9-6-17(5-4-13-9)11-8-2-3-14-10(8)15-7-16-11;3-2(4,5)1(6)7/h2-3,7,9,13H,4-6H2,1H3,(H,14,15,16);(H,6,7)/t9-;/m0./s1. The van der Waals surface area contributed by atoms with Crippen LogP contribution in [0.2, 0.25) is 0 Å². The Bertz CT molecular complexity index is 779. The molecule has 2 aromatic rings. The topological polar surface area (TPSA) is 120 Å². The van der Waals surface area contributed by atoms with E-state index < -0.39 is 12.1 Å². The lowest BCUT2D eigenvalue weighted by Crippen LogP contribution is -2.54. The molecule has 3 rings (SSSR count). The number of nitrogens with one attached hydrogen (secondary N) is 2. The van der Waals surface area contributed by atoms with Crippen LogP contribution in [0.5, 0.6) is 0 Å². The molecule has 1 saturated heterocycles. The monoisotopic (exact) mass is 375 g/mol. The summed E-state index contributed by atoms with van der Waals surface area (Å²) in [5, 5.41) is 11.2. The Morgan fingerprint density at radius 1 is 1.38 bits per heavy atom. The summed E-state index contributed by atoms with van der Waals surface area (Å²) >= 11 is 0. The molecule has 26 heavy (non-hydrogen) atoms. The van der Waals surface area contributed by atoms with Crippen LogP contribution in [0.3, 0.4) is 0 Å². The molecule has 1 fully saturated rings. The van der Waals surface area contributed by atoms with E-state index in [1.54, 1.807) is 0 Å². The summed E-state index contributed by atoms with van der Waals surface area (Å²) in [6.07, 6.45) is -1.72. The Labute approximate surface area is 145 Å². The molecular weight excluding hydrogens is 359 g/mol. The summed E-state index contributed by atoms with van der Waals surface area (Å²) in [4.78, 5) is 34.1. The van der Waals surface area contributed by atoms with Gasteiger partial charge in [-0.3, -0.25) is 4.79 Å². The highest BCUT2D eigenvalue weighted by Crippen LogP contribution is 2.22. The third-order valence-corrected chi connectivity index (χ3v) is 3.54. The number of piperazine rings is 1. The van der Waals surface area contributed by atoms with Crippen molar-refractivity contribution in [3.05, 3.63) is 18.6 Å². The lowest BCUT2D eigenvalue weighted by molar-refractivity contribution is -0.192. The number of rotatable bonds is 2. The minimum absolute atomic E-state index is 0.246. The Morgan fingerprint density at radius 3 is 2.69 bits per heavy atom. The number of carboxylic acids is 1. The van der Waals surface area contributed by atoms with Crippen LogP contribution < -0.4 is 10.2 Å². The Morgan fingerprint density at radius 2 is 2.08 bits per heavy atom. The number of anilines is 1. The number of nitrogens with zero attached hydrogens (tertiary/aromatic N) is 3. The number of alkyl halides is 3. The summed E-state index contributed by atoms with van der Waals surface area (Å²) < 4.78 is 36.5. The van der Waals surface area contributed by atoms with Crippen molar-refractivity contribution in [3.63, 3.8) is 0 Å². The zero-order chi connectivity index (χ0) is 19.3. The van der Waals surface area contributed by atoms with Crippen LogP contribution in [0, 0.1) is 0 Å². The van der Waals surface area contributed by atoms with E-state index in [0.29, 0.717) is 6.54 Å². The molecule has 0 bridgehead atoms. The first-order chi connectivity index (χ1) is 12.2. The van der Waals surface area contributed by atoms with Gasteiger partial charge in [-0.2, -0.15) is 13.2 Å². The molecule has 0 unspecified atom stereocenters. The van der Waals surface area contributed by atoms with Crippen LogP contribution in [0.4, 0.5) is 19.0 Å². The molecule has 1 aliphatic rings. The van der Waals surface area contributed by atoms with Gasteiger partial charge >= 0.3 is 18.1 Å². The van der Waals surface area contributed by atoms with E-state index in [1.807, 2.05) is 12.3 Å². The van der Waals surface area contributed by atoms with E-state index in [2.05, 4.69) is 25.2 Å². The second-order valence-electron chi connectivity index (χ2n) is 5.22. The molecule has 0 amide bonds. The van der Waals surface area contributed by atoms with E-state index >= 15 is 0 Å². The number of fused-ring (bicyclic) bond motifs is 1. The number of aromatic amines is 1. The quantitative estimate of drug-likeness (QED) is 0.651.